The zero-order chi connectivity index (χ0) is 21.5. The van der Waals surface area contributed by atoms with Crippen molar-refractivity contribution in [3.8, 4) is 5.75 Å². The van der Waals surface area contributed by atoms with Gasteiger partial charge in [0.2, 0.25) is 0 Å². The van der Waals surface area contributed by atoms with E-state index < -0.39 is 17.7 Å². The van der Waals surface area contributed by atoms with Gasteiger partial charge in [0.05, 0.1) is 5.02 Å². The van der Waals surface area contributed by atoms with Crippen molar-refractivity contribution in [1.29, 1.82) is 0 Å². The monoisotopic (exact) mass is 429 g/mol. The Morgan fingerprint density at radius 1 is 1.13 bits per heavy atom. The van der Waals surface area contributed by atoms with Crippen LogP contribution in [0.2, 0.25) is 5.02 Å². The summed E-state index contributed by atoms with van der Waals surface area (Å²) in [7, 11) is 0. The van der Waals surface area contributed by atoms with Gasteiger partial charge >= 0.3 is 17.7 Å². The minimum atomic E-state index is -0.560. The van der Waals surface area contributed by atoms with Crippen LogP contribution in [0.25, 0.3) is 11.0 Å². The van der Waals surface area contributed by atoms with Crippen molar-refractivity contribution in [3.63, 3.8) is 0 Å². The summed E-state index contributed by atoms with van der Waals surface area (Å²) in [5, 5.41) is 3.47. The Labute approximate surface area is 177 Å². The molecule has 3 rings (SSSR count). The van der Waals surface area contributed by atoms with E-state index in [9.17, 15) is 14.4 Å². The highest BCUT2D eigenvalue weighted by Crippen LogP contribution is 2.31. The normalized spacial score (nSPS) is 10.6. The molecule has 7 nitrogen and oxygen atoms in total. The summed E-state index contributed by atoms with van der Waals surface area (Å²) in [5.41, 5.74) is 1.39. The van der Waals surface area contributed by atoms with Crippen molar-refractivity contribution in [2.75, 3.05) is 6.54 Å². The SMILES string of the molecule is Cc1cc(=O)oc2cc(OC(=O)CCCNC(=O)OCc3ccccc3)c(Cl)cc12. The van der Waals surface area contributed by atoms with Crippen LogP contribution in [0, 0.1) is 6.92 Å². The third-order valence-electron chi connectivity index (χ3n) is 4.27. The molecule has 0 aliphatic heterocycles. The van der Waals surface area contributed by atoms with Gasteiger partial charge < -0.3 is 19.2 Å². The third-order valence-corrected chi connectivity index (χ3v) is 4.56. The largest absolute Gasteiger partial charge is 0.445 e. The minimum absolute atomic E-state index is 0.0606. The van der Waals surface area contributed by atoms with E-state index in [2.05, 4.69) is 5.32 Å². The number of alkyl carbamates (subject to hydrolysis) is 1. The standard InChI is InChI=1S/C22H20ClNO6/c1-14-10-21(26)29-18-12-19(17(23)11-16(14)18)30-20(25)8-5-9-24-22(27)28-13-15-6-3-2-4-7-15/h2-4,6-7,10-12H,5,8-9,13H2,1H3,(H,24,27). The van der Waals surface area contributed by atoms with E-state index in [4.69, 9.17) is 25.5 Å². The second kappa shape index (κ2) is 9.93. The fourth-order valence-electron chi connectivity index (χ4n) is 2.77. The Hall–Kier alpha value is -3.32. The second-order valence-electron chi connectivity index (χ2n) is 6.59. The molecule has 30 heavy (non-hydrogen) atoms. The number of aryl methyl sites for hydroxylation is 1. The van der Waals surface area contributed by atoms with Gasteiger partial charge in [-0.3, -0.25) is 4.79 Å². The van der Waals surface area contributed by atoms with E-state index in [1.165, 1.54) is 12.1 Å². The number of nitrogens with one attached hydrogen (secondary N) is 1. The summed E-state index contributed by atoms with van der Waals surface area (Å²) in [6.07, 6.45) is -0.140. The van der Waals surface area contributed by atoms with Gasteiger partial charge in [-0.2, -0.15) is 0 Å². The van der Waals surface area contributed by atoms with Crippen molar-refractivity contribution in [2.24, 2.45) is 0 Å². The van der Waals surface area contributed by atoms with Crippen LogP contribution < -0.4 is 15.7 Å². The maximum absolute atomic E-state index is 12.1. The molecule has 0 atom stereocenters. The second-order valence-corrected chi connectivity index (χ2v) is 7.00. The molecule has 1 aromatic heterocycles. The Morgan fingerprint density at radius 3 is 2.67 bits per heavy atom. The number of halogens is 1. The first kappa shape index (κ1) is 21.4. The Morgan fingerprint density at radius 2 is 1.90 bits per heavy atom. The first-order chi connectivity index (χ1) is 14.4. The van der Waals surface area contributed by atoms with E-state index in [1.807, 2.05) is 30.3 Å². The van der Waals surface area contributed by atoms with E-state index in [0.717, 1.165) is 5.56 Å². The molecule has 1 heterocycles. The van der Waals surface area contributed by atoms with Gasteiger partial charge in [0.25, 0.3) is 0 Å². The van der Waals surface area contributed by atoms with Crippen molar-refractivity contribution < 1.29 is 23.5 Å². The Bertz CT molecular complexity index is 1110. The highest BCUT2D eigenvalue weighted by Gasteiger charge is 2.13. The molecular formula is C22H20ClNO6. The molecule has 1 amide bonds. The molecule has 0 saturated heterocycles. The number of carbonyl (C=O) groups excluding carboxylic acids is 2. The number of carbonyl (C=O) groups is 2. The number of esters is 1. The molecule has 156 valence electrons. The van der Waals surface area contributed by atoms with Crippen molar-refractivity contribution in [1.82, 2.24) is 5.32 Å². The number of rotatable bonds is 7. The lowest BCUT2D eigenvalue weighted by Crippen LogP contribution is -2.26. The van der Waals surface area contributed by atoms with E-state index in [-0.39, 0.29) is 35.9 Å². The fraction of sp³-hybridized carbons (Fsp3) is 0.227. The summed E-state index contributed by atoms with van der Waals surface area (Å²) in [6, 6.07) is 13.7. The zero-order valence-electron chi connectivity index (χ0n) is 16.3. The van der Waals surface area contributed by atoms with Gasteiger partial charge in [0, 0.05) is 30.5 Å². The van der Waals surface area contributed by atoms with Crippen LogP contribution in [-0.2, 0) is 16.1 Å². The molecule has 0 aliphatic rings. The zero-order valence-corrected chi connectivity index (χ0v) is 17.0. The van der Waals surface area contributed by atoms with E-state index in [1.54, 1.807) is 13.0 Å². The first-order valence-electron chi connectivity index (χ1n) is 9.31. The maximum Gasteiger partial charge on any atom is 0.407 e. The molecule has 0 saturated carbocycles. The van der Waals surface area contributed by atoms with Gasteiger partial charge in [-0.1, -0.05) is 41.9 Å². The van der Waals surface area contributed by atoms with Crippen molar-refractivity contribution >= 4 is 34.6 Å². The lowest BCUT2D eigenvalue weighted by atomic mass is 10.1. The molecule has 0 unspecified atom stereocenters. The van der Waals surface area contributed by atoms with Crippen LogP contribution in [0.5, 0.6) is 5.75 Å². The van der Waals surface area contributed by atoms with Crippen LogP contribution in [0.1, 0.15) is 24.0 Å². The molecule has 1 N–H and O–H groups in total. The van der Waals surface area contributed by atoms with Crippen LogP contribution in [-0.4, -0.2) is 18.6 Å². The fourth-order valence-corrected chi connectivity index (χ4v) is 2.97. The number of amides is 1. The highest BCUT2D eigenvalue weighted by molar-refractivity contribution is 6.33. The van der Waals surface area contributed by atoms with Gasteiger partial charge in [-0.25, -0.2) is 9.59 Å². The molecule has 0 radical (unpaired) electrons. The number of ether oxygens (including phenoxy) is 2. The summed E-state index contributed by atoms with van der Waals surface area (Å²) < 4.78 is 15.5. The first-order valence-corrected chi connectivity index (χ1v) is 9.69. The lowest BCUT2D eigenvalue weighted by molar-refractivity contribution is -0.134. The third kappa shape index (κ3) is 5.84. The average Bonchev–Trinajstić information content (AvgIpc) is 2.71. The minimum Gasteiger partial charge on any atom is -0.445 e. The van der Waals surface area contributed by atoms with Gasteiger partial charge in [0.1, 0.15) is 12.2 Å². The average molecular weight is 430 g/mol. The van der Waals surface area contributed by atoms with E-state index >= 15 is 0 Å². The predicted octanol–water partition coefficient (Wildman–Crippen LogP) is 4.37. The Kier molecular flexibility index (Phi) is 7.08. The molecule has 2 aromatic carbocycles. The maximum atomic E-state index is 12.1. The van der Waals surface area contributed by atoms with Crippen LogP contribution in [0.15, 0.2) is 57.7 Å². The number of hydrogen-bond donors (Lipinski definition) is 1. The van der Waals surface area contributed by atoms with E-state index in [0.29, 0.717) is 17.4 Å². The molecule has 8 heteroatoms. The van der Waals surface area contributed by atoms with Gasteiger partial charge in [-0.15, -0.1) is 0 Å². The number of fused-ring (bicyclic) bond motifs is 1. The summed E-state index contributed by atoms with van der Waals surface area (Å²) in [6.45, 7) is 2.19. The van der Waals surface area contributed by atoms with Crippen LogP contribution in [0.4, 0.5) is 4.79 Å². The predicted molar refractivity (Wildman–Crippen MR) is 112 cm³/mol. The molecule has 0 fully saturated rings. The van der Waals surface area contributed by atoms with Gasteiger partial charge in [-0.05, 0) is 30.5 Å². The number of benzene rings is 2. The lowest BCUT2D eigenvalue weighted by Gasteiger charge is -2.09. The van der Waals surface area contributed by atoms with Crippen LogP contribution in [0.3, 0.4) is 0 Å². The molecule has 3 aromatic rings. The summed E-state index contributed by atoms with van der Waals surface area (Å²) in [4.78, 5) is 35.3. The van der Waals surface area contributed by atoms with Crippen molar-refractivity contribution in [2.45, 2.75) is 26.4 Å². The quantitative estimate of drug-likeness (QED) is 0.259. The molecule has 0 spiro atoms. The molecule has 0 bridgehead atoms. The molecule has 0 aliphatic carbocycles. The summed E-state index contributed by atoms with van der Waals surface area (Å²) in [5.74, 6) is -0.413. The molecular weight excluding hydrogens is 410 g/mol. The number of hydrogen-bond acceptors (Lipinski definition) is 6. The van der Waals surface area contributed by atoms with Crippen LogP contribution >= 0.6 is 11.6 Å². The topological polar surface area (TPSA) is 94.8 Å². The summed E-state index contributed by atoms with van der Waals surface area (Å²) >= 11 is 6.18. The van der Waals surface area contributed by atoms with Gasteiger partial charge in [0.15, 0.2) is 5.75 Å². The van der Waals surface area contributed by atoms with Crippen molar-refractivity contribution in [3.05, 3.63) is 75.1 Å². The smallest absolute Gasteiger partial charge is 0.407 e. The highest BCUT2D eigenvalue weighted by atomic mass is 35.5. The Balaban J connectivity index is 1.45.